The topological polar surface area (TPSA) is 26.3 Å². The predicted molar refractivity (Wildman–Crippen MR) is 61.6 cm³/mol. The minimum atomic E-state index is -0.0342. The van der Waals surface area contributed by atoms with Crippen molar-refractivity contribution in [3.63, 3.8) is 0 Å². The van der Waals surface area contributed by atoms with Gasteiger partial charge in [-0.25, -0.2) is 0 Å². The Morgan fingerprint density at radius 1 is 1.27 bits per heavy atom. The molecule has 15 heavy (non-hydrogen) atoms. The van der Waals surface area contributed by atoms with E-state index >= 15 is 0 Å². The number of hydrogen-bond acceptors (Lipinski definition) is 2. The first-order valence-electron chi connectivity index (χ1n) is 6.22. The highest BCUT2D eigenvalue weighted by Crippen LogP contribution is 2.40. The molecule has 1 aliphatic rings. The quantitative estimate of drug-likeness (QED) is 0.666. The highest BCUT2D eigenvalue weighted by Gasteiger charge is 2.32. The van der Waals surface area contributed by atoms with Crippen molar-refractivity contribution in [1.82, 2.24) is 0 Å². The summed E-state index contributed by atoms with van der Waals surface area (Å²) in [6, 6.07) is 0. The minimum Gasteiger partial charge on any atom is -0.466 e. The molecule has 1 fully saturated rings. The van der Waals surface area contributed by atoms with Crippen LogP contribution in [0.2, 0.25) is 0 Å². The van der Waals surface area contributed by atoms with Crippen molar-refractivity contribution in [3.05, 3.63) is 0 Å². The molecule has 2 nitrogen and oxygen atoms in total. The summed E-state index contributed by atoms with van der Waals surface area (Å²) < 4.78 is 5.03. The maximum absolute atomic E-state index is 11.5. The van der Waals surface area contributed by atoms with Gasteiger partial charge in [0.25, 0.3) is 0 Å². The van der Waals surface area contributed by atoms with Gasteiger partial charge in [-0.05, 0) is 31.1 Å². The Morgan fingerprint density at radius 2 is 1.87 bits per heavy atom. The summed E-state index contributed by atoms with van der Waals surface area (Å²) in [5.41, 5.74) is 0.118. The molecule has 2 heteroatoms. The van der Waals surface area contributed by atoms with Crippen LogP contribution in [0, 0.1) is 11.3 Å². The van der Waals surface area contributed by atoms with Crippen LogP contribution >= 0.6 is 0 Å². The Hall–Kier alpha value is -0.530. The molecule has 0 N–H and O–H groups in total. The highest BCUT2D eigenvalue weighted by molar-refractivity contribution is 5.70. The van der Waals surface area contributed by atoms with E-state index < -0.39 is 0 Å². The molecule has 1 aliphatic carbocycles. The van der Waals surface area contributed by atoms with Crippen molar-refractivity contribution < 1.29 is 9.53 Å². The number of carbonyl (C=O) groups excluding carboxylic acids is 1. The molecule has 1 saturated carbocycles. The molecule has 0 aromatic heterocycles. The summed E-state index contributed by atoms with van der Waals surface area (Å²) in [6.07, 6.45) is 7.17. The predicted octanol–water partition coefficient (Wildman–Crippen LogP) is 3.55. The van der Waals surface area contributed by atoms with Gasteiger partial charge in [-0.1, -0.05) is 33.1 Å². The maximum Gasteiger partial charge on any atom is 0.306 e. The molecule has 0 saturated heterocycles. The maximum atomic E-state index is 11.5. The van der Waals surface area contributed by atoms with Gasteiger partial charge in [-0.2, -0.15) is 0 Å². The molecule has 0 radical (unpaired) electrons. The largest absolute Gasteiger partial charge is 0.466 e. The minimum absolute atomic E-state index is 0.0342. The van der Waals surface area contributed by atoms with Gasteiger partial charge in [0.1, 0.15) is 0 Å². The third-order valence-corrected chi connectivity index (χ3v) is 3.62. The smallest absolute Gasteiger partial charge is 0.306 e. The van der Waals surface area contributed by atoms with Crippen LogP contribution in [0.1, 0.15) is 59.3 Å². The van der Waals surface area contributed by atoms with Crippen molar-refractivity contribution >= 4 is 5.97 Å². The van der Waals surface area contributed by atoms with Crippen LogP contribution in [0.15, 0.2) is 0 Å². The van der Waals surface area contributed by atoms with E-state index in [1.807, 2.05) is 6.92 Å². The average molecular weight is 212 g/mol. The van der Waals surface area contributed by atoms with Crippen LogP contribution in [0.4, 0.5) is 0 Å². The molecule has 0 unspecified atom stereocenters. The second-order valence-electron chi connectivity index (χ2n) is 5.31. The van der Waals surface area contributed by atoms with Crippen LogP contribution in [0.3, 0.4) is 0 Å². The first-order chi connectivity index (χ1) is 7.06. The zero-order valence-electron chi connectivity index (χ0n) is 10.3. The SMILES string of the molecule is CCOC(=O)CC(C)(C)C1CCCCC1. The monoisotopic (exact) mass is 212 g/mol. The number of ether oxygens (including phenoxy) is 1. The summed E-state index contributed by atoms with van der Waals surface area (Å²) in [4.78, 5) is 11.5. The lowest BCUT2D eigenvalue weighted by Gasteiger charge is -2.36. The summed E-state index contributed by atoms with van der Waals surface area (Å²) in [7, 11) is 0. The average Bonchev–Trinajstić information content (AvgIpc) is 2.18. The van der Waals surface area contributed by atoms with Crippen molar-refractivity contribution in [2.45, 2.75) is 59.3 Å². The van der Waals surface area contributed by atoms with Crippen molar-refractivity contribution in [2.24, 2.45) is 11.3 Å². The van der Waals surface area contributed by atoms with Crippen LogP contribution in [0.5, 0.6) is 0 Å². The summed E-state index contributed by atoms with van der Waals surface area (Å²) in [5.74, 6) is 0.670. The Bertz CT molecular complexity index is 203. The molecule has 1 rings (SSSR count). The molecular formula is C13H24O2. The highest BCUT2D eigenvalue weighted by atomic mass is 16.5. The summed E-state index contributed by atoms with van der Waals surface area (Å²) >= 11 is 0. The van der Waals surface area contributed by atoms with Gasteiger partial charge in [-0.3, -0.25) is 4.79 Å². The fourth-order valence-electron chi connectivity index (χ4n) is 2.61. The van der Waals surface area contributed by atoms with Crippen LogP contribution in [-0.2, 0) is 9.53 Å². The molecule has 0 spiro atoms. The Kier molecular flexibility index (Phi) is 4.62. The van der Waals surface area contributed by atoms with E-state index in [4.69, 9.17) is 4.74 Å². The standard InChI is InChI=1S/C13H24O2/c1-4-15-12(14)10-13(2,3)11-8-6-5-7-9-11/h11H,4-10H2,1-3H3. The first-order valence-corrected chi connectivity index (χ1v) is 6.22. The Balaban J connectivity index is 2.45. The summed E-state index contributed by atoms with van der Waals surface area (Å²) in [5, 5.41) is 0. The van der Waals surface area contributed by atoms with Gasteiger partial charge >= 0.3 is 5.97 Å². The Labute approximate surface area is 93.4 Å². The van der Waals surface area contributed by atoms with Gasteiger partial charge in [0, 0.05) is 0 Å². The fraction of sp³-hybridized carbons (Fsp3) is 0.923. The normalized spacial score (nSPS) is 18.9. The lowest BCUT2D eigenvalue weighted by atomic mass is 9.69. The van der Waals surface area contributed by atoms with Crippen LogP contribution < -0.4 is 0 Å². The van der Waals surface area contributed by atoms with Gasteiger partial charge in [0.15, 0.2) is 0 Å². The van der Waals surface area contributed by atoms with Crippen molar-refractivity contribution in [2.75, 3.05) is 6.61 Å². The van der Waals surface area contributed by atoms with E-state index in [-0.39, 0.29) is 11.4 Å². The van der Waals surface area contributed by atoms with Crippen molar-refractivity contribution in [1.29, 1.82) is 0 Å². The molecule has 0 heterocycles. The van der Waals surface area contributed by atoms with E-state index in [1.54, 1.807) is 0 Å². The van der Waals surface area contributed by atoms with Crippen molar-refractivity contribution in [3.8, 4) is 0 Å². The fourth-order valence-corrected chi connectivity index (χ4v) is 2.61. The van der Waals surface area contributed by atoms with Gasteiger partial charge in [0.05, 0.1) is 13.0 Å². The molecule has 88 valence electrons. The van der Waals surface area contributed by atoms with Gasteiger partial charge in [0.2, 0.25) is 0 Å². The Morgan fingerprint density at radius 3 is 2.40 bits per heavy atom. The van der Waals surface area contributed by atoms with E-state index in [1.165, 1.54) is 32.1 Å². The van der Waals surface area contributed by atoms with E-state index in [0.29, 0.717) is 18.9 Å². The van der Waals surface area contributed by atoms with E-state index in [0.717, 1.165) is 0 Å². The zero-order valence-corrected chi connectivity index (χ0v) is 10.3. The van der Waals surface area contributed by atoms with Gasteiger partial charge in [-0.15, -0.1) is 0 Å². The van der Waals surface area contributed by atoms with E-state index in [9.17, 15) is 4.79 Å². The molecule has 0 aromatic carbocycles. The lowest BCUT2D eigenvalue weighted by Crippen LogP contribution is -2.29. The second kappa shape index (κ2) is 5.53. The number of rotatable bonds is 4. The molecule has 0 atom stereocenters. The number of carbonyl (C=O) groups is 1. The van der Waals surface area contributed by atoms with Gasteiger partial charge < -0.3 is 4.74 Å². The number of hydrogen-bond donors (Lipinski definition) is 0. The molecule has 0 aromatic rings. The molecule has 0 aliphatic heterocycles. The van der Waals surface area contributed by atoms with Crippen LogP contribution in [0.25, 0.3) is 0 Å². The third-order valence-electron chi connectivity index (χ3n) is 3.62. The second-order valence-corrected chi connectivity index (χ2v) is 5.31. The zero-order chi connectivity index (χ0) is 11.3. The molecule has 0 amide bonds. The lowest BCUT2D eigenvalue weighted by molar-refractivity contribution is -0.146. The van der Waals surface area contributed by atoms with Crippen LogP contribution in [-0.4, -0.2) is 12.6 Å². The molecular weight excluding hydrogens is 188 g/mol. The first kappa shape index (κ1) is 12.5. The number of esters is 1. The third kappa shape index (κ3) is 3.84. The molecule has 0 bridgehead atoms. The van der Waals surface area contributed by atoms with E-state index in [2.05, 4.69) is 13.8 Å². The summed E-state index contributed by atoms with van der Waals surface area (Å²) in [6.45, 7) is 6.78.